The van der Waals surface area contributed by atoms with Gasteiger partial charge in [0, 0.05) is 0 Å². The molecule has 0 saturated carbocycles. The Balaban J connectivity index is 1.80. The van der Waals surface area contributed by atoms with E-state index in [1.807, 2.05) is 0 Å². The highest BCUT2D eigenvalue weighted by atomic mass is 32.2. The molecule has 0 fully saturated rings. The first-order valence-electron chi connectivity index (χ1n) is 5.21. The Morgan fingerprint density at radius 2 is 1.83 bits per heavy atom. The quantitative estimate of drug-likeness (QED) is 0.661. The van der Waals surface area contributed by atoms with Gasteiger partial charge in [-0.15, -0.1) is 0 Å². The van der Waals surface area contributed by atoms with E-state index in [-0.39, 0.29) is 17.7 Å². The zero-order valence-electron chi connectivity index (χ0n) is 9.16. The van der Waals surface area contributed by atoms with Gasteiger partial charge in [-0.1, -0.05) is 23.9 Å². The van der Waals surface area contributed by atoms with Gasteiger partial charge in [0.2, 0.25) is 0 Å². The van der Waals surface area contributed by atoms with Gasteiger partial charge in [0.05, 0.1) is 17.0 Å². The number of hydrogen-bond acceptors (Lipinski definition) is 5. The second-order valence-corrected chi connectivity index (χ2v) is 4.58. The molecule has 2 amide bonds. The van der Waals surface area contributed by atoms with Crippen LogP contribution < -0.4 is 0 Å². The second kappa shape index (κ2) is 4.26. The lowest BCUT2D eigenvalue weighted by Gasteiger charge is -2.11. The van der Waals surface area contributed by atoms with Crippen molar-refractivity contribution in [2.45, 2.75) is 5.16 Å². The molecule has 2 heterocycles. The van der Waals surface area contributed by atoms with Crippen LogP contribution in [0.3, 0.4) is 0 Å². The number of amides is 2. The molecular weight excluding hydrogens is 252 g/mol. The third-order valence-electron chi connectivity index (χ3n) is 2.60. The summed E-state index contributed by atoms with van der Waals surface area (Å²) in [5.74, 6) is -0.299. The monoisotopic (exact) mass is 260 g/mol. The van der Waals surface area contributed by atoms with Crippen LogP contribution >= 0.6 is 11.8 Å². The third kappa shape index (κ3) is 1.68. The van der Waals surface area contributed by atoms with E-state index in [1.165, 1.54) is 23.0 Å². The lowest BCUT2D eigenvalue weighted by atomic mass is 10.1. The van der Waals surface area contributed by atoms with Gasteiger partial charge in [0.25, 0.3) is 11.8 Å². The summed E-state index contributed by atoms with van der Waals surface area (Å²) in [4.78, 5) is 29.2. The Kier molecular flexibility index (Phi) is 2.60. The number of rotatable bonds is 3. The van der Waals surface area contributed by atoms with Crippen molar-refractivity contribution in [2.24, 2.45) is 0 Å². The van der Waals surface area contributed by atoms with Crippen LogP contribution in [0, 0.1) is 0 Å². The fraction of sp³-hybridized carbons (Fsp3) is 0.0909. The summed E-state index contributed by atoms with van der Waals surface area (Å²) in [6.07, 6.45) is 1.38. The van der Waals surface area contributed by atoms with Gasteiger partial charge in [0.1, 0.15) is 6.33 Å². The summed E-state index contributed by atoms with van der Waals surface area (Å²) in [5, 5.41) is 6.94. The maximum Gasteiger partial charge on any atom is 0.262 e. The van der Waals surface area contributed by atoms with E-state index in [0.717, 1.165) is 0 Å². The van der Waals surface area contributed by atoms with Gasteiger partial charge in [-0.25, -0.2) is 4.98 Å². The number of nitrogens with zero attached hydrogens (tertiary/aromatic N) is 3. The van der Waals surface area contributed by atoms with Crippen molar-refractivity contribution in [1.29, 1.82) is 0 Å². The smallest absolute Gasteiger partial charge is 0.262 e. The predicted octanol–water partition coefficient (Wildman–Crippen LogP) is 1.15. The van der Waals surface area contributed by atoms with Crippen molar-refractivity contribution in [1.82, 2.24) is 20.1 Å². The normalized spacial score (nSPS) is 14.1. The van der Waals surface area contributed by atoms with Crippen LogP contribution in [0.15, 0.2) is 35.7 Å². The van der Waals surface area contributed by atoms with E-state index >= 15 is 0 Å². The molecule has 0 spiro atoms. The number of benzene rings is 1. The minimum Gasteiger partial charge on any atom is -0.269 e. The van der Waals surface area contributed by atoms with E-state index in [9.17, 15) is 9.59 Å². The van der Waals surface area contributed by atoms with Crippen molar-refractivity contribution in [3.63, 3.8) is 0 Å². The molecule has 7 heteroatoms. The predicted molar refractivity (Wildman–Crippen MR) is 64.0 cm³/mol. The minimum atomic E-state index is -0.261. The van der Waals surface area contributed by atoms with Crippen molar-refractivity contribution in [2.75, 3.05) is 5.88 Å². The van der Waals surface area contributed by atoms with Gasteiger partial charge in [-0.05, 0) is 12.1 Å². The van der Waals surface area contributed by atoms with Crippen molar-refractivity contribution < 1.29 is 9.59 Å². The Labute approximate surface area is 106 Å². The summed E-state index contributed by atoms with van der Waals surface area (Å²) in [6.45, 7) is 0. The van der Waals surface area contributed by atoms with Crippen molar-refractivity contribution in [3.05, 3.63) is 41.7 Å². The summed E-state index contributed by atoms with van der Waals surface area (Å²) >= 11 is 1.26. The molecular formula is C11H8N4O2S. The largest absolute Gasteiger partial charge is 0.269 e. The molecule has 18 heavy (non-hydrogen) atoms. The molecule has 1 aliphatic heterocycles. The summed E-state index contributed by atoms with van der Waals surface area (Å²) in [6, 6.07) is 6.82. The van der Waals surface area contributed by atoms with Crippen molar-refractivity contribution in [3.8, 4) is 0 Å². The topological polar surface area (TPSA) is 79.0 Å². The first-order valence-corrected chi connectivity index (χ1v) is 6.19. The van der Waals surface area contributed by atoms with E-state index in [4.69, 9.17) is 0 Å². The Morgan fingerprint density at radius 1 is 1.17 bits per heavy atom. The molecule has 0 atom stereocenters. The molecule has 90 valence electrons. The number of aromatic nitrogens is 3. The Bertz CT molecular complexity index is 576. The number of aromatic amines is 1. The molecule has 0 aliphatic carbocycles. The number of nitrogens with one attached hydrogen (secondary N) is 1. The van der Waals surface area contributed by atoms with Crippen LogP contribution in [0.5, 0.6) is 0 Å². The van der Waals surface area contributed by atoms with Crippen molar-refractivity contribution >= 4 is 23.6 Å². The fourth-order valence-electron chi connectivity index (χ4n) is 1.75. The Morgan fingerprint density at radius 3 is 2.39 bits per heavy atom. The van der Waals surface area contributed by atoms with Crippen LogP contribution in [0.25, 0.3) is 0 Å². The van der Waals surface area contributed by atoms with Gasteiger partial charge >= 0.3 is 0 Å². The lowest BCUT2D eigenvalue weighted by molar-refractivity contribution is 0.0684. The SMILES string of the molecule is O=C1c2ccccc2C(=O)N1CSc1ncn[nH]1. The maximum absolute atomic E-state index is 12.0. The highest BCUT2D eigenvalue weighted by molar-refractivity contribution is 7.99. The molecule has 6 nitrogen and oxygen atoms in total. The van der Waals surface area contributed by atoms with Gasteiger partial charge < -0.3 is 0 Å². The van der Waals surface area contributed by atoms with Crippen LogP contribution in [0.4, 0.5) is 0 Å². The van der Waals surface area contributed by atoms with E-state index < -0.39 is 0 Å². The van der Waals surface area contributed by atoms with Crippen LogP contribution in [-0.2, 0) is 0 Å². The van der Waals surface area contributed by atoms with Crippen LogP contribution in [0.1, 0.15) is 20.7 Å². The number of carbonyl (C=O) groups excluding carboxylic acids is 2. The van der Waals surface area contributed by atoms with E-state index in [0.29, 0.717) is 16.3 Å². The van der Waals surface area contributed by atoms with Gasteiger partial charge in [0.15, 0.2) is 5.16 Å². The number of hydrogen-bond donors (Lipinski definition) is 1. The average Bonchev–Trinajstić information content (AvgIpc) is 2.98. The zero-order chi connectivity index (χ0) is 12.5. The third-order valence-corrected chi connectivity index (χ3v) is 3.46. The van der Waals surface area contributed by atoms with Gasteiger partial charge in [-0.3, -0.25) is 19.6 Å². The average molecular weight is 260 g/mol. The molecule has 1 aromatic carbocycles. The number of thioether (sulfide) groups is 1. The maximum atomic E-state index is 12.0. The summed E-state index contributed by atoms with van der Waals surface area (Å²) in [5.41, 5.74) is 0.918. The number of carbonyl (C=O) groups is 2. The summed E-state index contributed by atoms with van der Waals surface area (Å²) in [7, 11) is 0. The highest BCUT2D eigenvalue weighted by Crippen LogP contribution is 2.25. The first-order chi connectivity index (χ1) is 8.77. The van der Waals surface area contributed by atoms with Gasteiger partial charge in [-0.2, -0.15) is 5.10 Å². The fourth-order valence-corrected chi connectivity index (χ4v) is 2.47. The molecule has 0 unspecified atom stereocenters. The lowest BCUT2D eigenvalue weighted by Crippen LogP contribution is -2.29. The molecule has 2 aromatic rings. The van der Waals surface area contributed by atoms with Crippen LogP contribution in [-0.4, -0.2) is 37.8 Å². The molecule has 0 radical (unpaired) electrons. The standard InChI is InChI=1S/C11H8N4O2S/c16-9-7-3-1-2-4-8(7)10(17)15(9)6-18-11-12-5-13-14-11/h1-5H,6H2,(H,12,13,14). The number of fused-ring (bicyclic) bond motifs is 1. The zero-order valence-corrected chi connectivity index (χ0v) is 9.98. The number of H-pyrrole nitrogens is 1. The minimum absolute atomic E-state index is 0.224. The van der Waals surface area contributed by atoms with Crippen LogP contribution in [0.2, 0.25) is 0 Å². The van der Waals surface area contributed by atoms with E-state index in [2.05, 4.69) is 15.2 Å². The second-order valence-electron chi connectivity index (χ2n) is 3.65. The highest BCUT2D eigenvalue weighted by Gasteiger charge is 2.34. The molecule has 1 N–H and O–H groups in total. The molecule has 0 bridgehead atoms. The molecule has 1 aliphatic rings. The molecule has 3 rings (SSSR count). The Hall–Kier alpha value is -2.15. The number of imide groups is 1. The molecule has 1 aromatic heterocycles. The molecule has 0 saturated heterocycles. The van der Waals surface area contributed by atoms with E-state index in [1.54, 1.807) is 24.3 Å². The summed E-state index contributed by atoms with van der Waals surface area (Å²) < 4.78 is 0. The first kappa shape index (κ1) is 11.0.